The number of H-pyrrole nitrogens is 1. The number of methoxy groups -OCH3 is 1. The van der Waals surface area contributed by atoms with Gasteiger partial charge in [-0.05, 0) is 68.1 Å². The van der Waals surface area contributed by atoms with Crippen LogP contribution in [0.25, 0.3) is 11.3 Å². The number of piperidine rings is 1. The summed E-state index contributed by atoms with van der Waals surface area (Å²) in [6, 6.07) is 8.83. The zero-order valence-electron chi connectivity index (χ0n) is 17.4. The van der Waals surface area contributed by atoms with Crippen LogP contribution in [0.3, 0.4) is 0 Å². The second kappa shape index (κ2) is 9.69. The Labute approximate surface area is 171 Å². The minimum absolute atomic E-state index is 0.230. The molecule has 3 rings (SSSR count). The average molecular weight is 399 g/mol. The van der Waals surface area contributed by atoms with E-state index in [-0.39, 0.29) is 11.6 Å². The summed E-state index contributed by atoms with van der Waals surface area (Å²) in [5.41, 5.74) is 0.908. The molecule has 1 amide bonds. The summed E-state index contributed by atoms with van der Waals surface area (Å²) in [6.45, 7) is 8.38. The number of carbonyl (C=O) groups is 1. The Morgan fingerprint density at radius 1 is 1.28 bits per heavy atom. The van der Waals surface area contributed by atoms with Gasteiger partial charge in [0, 0.05) is 18.7 Å². The molecule has 1 saturated heterocycles. The van der Waals surface area contributed by atoms with Gasteiger partial charge in [0.1, 0.15) is 11.4 Å². The van der Waals surface area contributed by atoms with E-state index >= 15 is 0 Å². The van der Waals surface area contributed by atoms with Gasteiger partial charge in [-0.1, -0.05) is 13.8 Å². The predicted molar refractivity (Wildman–Crippen MR) is 113 cm³/mol. The van der Waals surface area contributed by atoms with Crippen LogP contribution >= 0.6 is 0 Å². The Bertz CT molecular complexity index is 868. The highest BCUT2D eigenvalue weighted by atomic mass is 16.5. The van der Waals surface area contributed by atoms with Gasteiger partial charge in [0.15, 0.2) is 0 Å². The first kappa shape index (κ1) is 21.0. The van der Waals surface area contributed by atoms with Gasteiger partial charge < -0.3 is 19.9 Å². The Morgan fingerprint density at radius 2 is 1.97 bits per heavy atom. The molecule has 1 aromatic carbocycles. The lowest BCUT2D eigenvalue weighted by Crippen LogP contribution is -2.40. The summed E-state index contributed by atoms with van der Waals surface area (Å²) in [5.74, 6) is 1.59. The van der Waals surface area contributed by atoms with Crippen molar-refractivity contribution >= 4 is 5.91 Å². The maximum Gasteiger partial charge on any atom is 0.346 e. The zero-order valence-corrected chi connectivity index (χ0v) is 17.4. The van der Waals surface area contributed by atoms with Crippen molar-refractivity contribution in [2.75, 3.05) is 33.3 Å². The molecule has 0 spiro atoms. The lowest BCUT2D eigenvalue weighted by Gasteiger charge is -2.33. The van der Waals surface area contributed by atoms with Crippen molar-refractivity contribution in [2.24, 2.45) is 11.8 Å². The number of nitrogens with zero attached hydrogens (tertiary/aromatic N) is 2. The minimum atomic E-state index is -0.537. The van der Waals surface area contributed by atoms with E-state index in [9.17, 15) is 9.59 Å². The predicted octanol–water partition coefficient (Wildman–Crippen LogP) is 2.54. The van der Waals surface area contributed by atoms with Crippen LogP contribution < -0.4 is 15.7 Å². The van der Waals surface area contributed by atoms with Crippen molar-refractivity contribution in [2.45, 2.75) is 26.7 Å². The van der Waals surface area contributed by atoms with E-state index in [0.29, 0.717) is 24.1 Å². The molecule has 2 aromatic rings. The summed E-state index contributed by atoms with van der Waals surface area (Å²) < 4.78 is 5.15. The van der Waals surface area contributed by atoms with Crippen LogP contribution in [-0.2, 0) is 0 Å². The molecule has 0 unspecified atom stereocenters. The smallest absolute Gasteiger partial charge is 0.346 e. The van der Waals surface area contributed by atoms with E-state index in [0.717, 1.165) is 43.8 Å². The van der Waals surface area contributed by atoms with Crippen molar-refractivity contribution in [3.8, 4) is 17.0 Å². The topological polar surface area (TPSA) is 87.3 Å². The van der Waals surface area contributed by atoms with E-state index in [2.05, 4.69) is 34.0 Å². The van der Waals surface area contributed by atoms with Gasteiger partial charge in [-0.3, -0.25) is 4.79 Å². The Balaban J connectivity index is 1.59. The molecule has 1 aliphatic heterocycles. The van der Waals surface area contributed by atoms with Crippen molar-refractivity contribution < 1.29 is 9.53 Å². The SMILES string of the molecule is COc1ccc(-c2cc(C(=O)NCC3CCN(CC(C)C)CC3)[nH]c(=O)n2)cc1. The number of aromatic amines is 1. The van der Waals surface area contributed by atoms with Gasteiger partial charge in [-0.2, -0.15) is 4.98 Å². The highest BCUT2D eigenvalue weighted by molar-refractivity contribution is 5.93. The summed E-state index contributed by atoms with van der Waals surface area (Å²) in [6.07, 6.45) is 2.16. The second-order valence-corrected chi connectivity index (χ2v) is 8.06. The van der Waals surface area contributed by atoms with E-state index < -0.39 is 5.69 Å². The minimum Gasteiger partial charge on any atom is -0.497 e. The molecule has 2 heterocycles. The number of ether oxygens (including phenoxy) is 1. The molecule has 0 saturated carbocycles. The molecule has 29 heavy (non-hydrogen) atoms. The van der Waals surface area contributed by atoms with Crippen LogP contribution in [0, 0.1) is 11.8 Å². The van der Waals surface area contributed by atoms with Crippen molar-refractivity contribution in [1.82, 2.24) is 20.2 Å². The van der Waals surface area contributed by atoms with Gasteiger partial charge in [0.05, 0.1) is 12.8 Å². The zero-order chi connectivity index (χ0) is 20.8. The quantitative estimate of drug-likeness (QED) is 0.748. The Morgan fingerprint density at radius 3 is 2.59 bits per heavy atom. The molecule has 1 aliphatic rings. The first-order chi connectivity index (χ1) is 13.9. The van der Waals surface area contributed by atoms with Gasteiger partial charge >= 0.3 is 5.69 Å². The molecule has 0 atom stereocenters. The highest BCUT2D eigenvalue weighted by Crippen LogP contribution is 2.20. The van der Waals surface area contributed by atoms with Gasteiger partial charge in [-0.25, -0.2) is 4.79 Å². The van der Waals surface area contributed by atoms with Crippen molar-refractivity contribution in [1.29, 1.82) is 0 Å². The van der Waals surface area contributed by atoms with Crippen LogP contribution in [0.2, 0.25) is 0 Å². The molecule has 1 aromatic heterocycles. The molecule has 156 valence electrons. The van der Waals surface area contributed by atoms with Crippen LogP contribution in [0.15, 0.2) is 35.1 Å². The molecular formula is C22H30N4O3. The summed E-state index contributed by atoms with van der Waals surface area (Å²) in [5, 5.41) is 2.97. The molecule has 0 radical (unpaired) electrons. The first-order valence-electron chi connectivity index (χ1n) is 10.2. The average Bonchev–Trinajstić information content (AvgIpc) is 2.72. The summed E-state index contributed by atoms with van der Waals surface area (Å²) >= 11 is 0. The number of amides is 1. The monoisotopic (exact) mass is 398 g/mol. The number of hydrogen-bond acceptors (Lipinski definition) is 5. The first-order valence-corrected chi connectivity index (χ1v) is 10.2. The van der Waals surface area contributed by atoms with E-state index in [4.69, 9.17) is 4.74 Å². The number of nitrogens with one attached hydrogen (secondary N) is 2. The largest absolute Gasteiger partial charge is 0.497 e. The van der Waals surface area contributed by atoms with Crippen LogP contribution in [0.5, 0.6) is 5.75 Å². The third-order valence-corrected chi connectivity index (χ3v) is 5.26. The number of aromatic nitrogens is 2. The third kappa shape index (κ3) is 5.90. The molecule has 1 fully saturated rings. The normalized spacial score (nSPS) is 15.4. The van der Waals surface area contributed by atoms with Gasteiger partial charge in [0.2, 0.25) is 0 Å². The second-order valence-electron chi connectivity index (χ2n) is 8.06. The Hall–Kier alpha value is -2.67. The fourth-order valence-corrected chi connectivity index (χ4v) is 3.71. The van der Waals surface area contributed by atoms with Gasteiger partial charge in [-0.15, -0.1) is 0 Å². The number of likely N-dealkylation sites (tertiary alicyclic amines) is 1. The van der Waals surface area contributed by atoms with Crippen molar-refractivity contribution in [3.63, 3.8) is 0 Å². The van der Waals surface area contributed by atoms with Crippen LogP contribution in [0.1, 0.15) is 37.2 Å². The van der Waals surface area contributed by atoms with E-state index in [1.165, 1.54) is 0 Å². The standard InChI is InChI=1S/C22H30N4O3/c1-15(2)14-26-10-8-16(9-11-26)13-23-21(27)20-12-19(24-22(28)25-20)17-4-6-18(29-3)7-5-17/h4-7,12,15-16H,8-11,13-14H2,1-3H3,(H,23,27)(H,24,25,28). The fourth-order valence-electron chi connectivity index (χ4n) is 3.71. The third-order valence-electron chi connectivity index (χ3n) is 5.26. The molecule has 7 heteroatoms. The Kier molecular flexibility index (Phi) is 7.04. The maximum atomic E-state index is 12.6. The van der Waals surface area contributed by atoms with Crippen molar-refractivity contribution in [3.05, 3.63) is 46.5 Å². The summed E-state index contributed by atoms with van der Waals surface area (Å²) in [4.78, 5) is 33.6. The van der Waals surface area contributed by atoms with E-state index in [1.54, 1.807) is 25.3 Å². The number of benzene rings is 1. The fraction of sp³-hybridized carbons (Fsp3) is 0.500. The lowest BCUT2D eigenvalue weighted by atomic mass is 9.96. The molecule has 0 bridgehead atoms. The van der Waals surface area contributed by atoms with Crippen LogP contribution in [0.4, 0.5) is 0 Å². The van der Waals surface area contributed by atoms with Gasteiger partial charge in [0.25, 0.3) is 5.91 Å². The maximum absolute atomic E-state index is 12.6. The number of carbonyl (C=O) groups excluding carboxylic acids is 1. The van der Waals surface area contributed by atoms with E-state index in [1.807, 2.05) is 12.1 Å². The lowest BCUT2D eigenvalue weighted by molar-refractivity contribution is 0.0929. The highest BCUT2D eigenvalue weighted by Gasteiger charge is 2.20. The molecule has 2 N–H and O–H groups in total. The molecule has 7 nitrogen and oxygen atoms in total. The number of hydrogen-bond donors (Lipinski definition) is 2. The summed E-state index contributed by atoms with van der Waals surface area (Å²) in [7, 11) is 1.59. The molecular weight excluding hydrogens is 368 g/mol. The van der Waals surface area contributed by atoms with Crippen LogP contribution in [-0.4, -0.2) is 54.1 Å². The number of rotatable bonds is 7. The molecule has 0 aliphatic carbocycles.